The summed E-state index contributed by atoms with van der Waals surface area (Å²) in [4.78, 5) is 22.9. The van der Waals surface area contributed by atoms with Crippen LogP contribution in [0.25, 0.3) is 0 Å². The number of carbonyl (C=O) groups excluding carboxylic acids is 1. The molecule has 1 amide bonds. The van der Waals surface area contributed by atoms with E-state index in [2.05, 4.69) is 5.32 Å². The summed E-state index contributed by atoms with van der Waals surface area (Å²) in [5.74, 6) is -1.35. The topological polar surface area (TPSA) is 75.6 Å². The summed E-state index contributed by atoms with van der Waals surface area (Å²) >= 11 is 0.787. The molecule has 1 unspecified atom stereocenters. The highest BCUT2D eigenvalue weighted by Crippen LogP contribution is 2.33. The smallest absolute Gasteiger partial charge is 0.417 e. The van der Waals surface area contributed by atoms with E-state index in [-0.39, 0.29) is 11.3 Å². The number of alkyl carbamates (subject to hydrolysis) is 1. The van der Waals surface area contributed by atoms with E-state index in [0.29, 0.717) is 0 Å². The Labute approximate surface area is 129 Å². The van der Waals surface area contributed by atoms with Crippen molar-refractivity contribution in [2.45, 2.75) is 45.0 Å². The average molecular weight is 339 g/mol. The fraction of sp³-hybridized carbons (Fsp3) is 0.538. The molecule has 0 aliphatic carbocycles. The Hall–Kier alpha value is -1.77. The van der Waals surface area contributed by atoms with Gasteiger partial charge < -0.3 is 15.2 Å². The molecule has 2 N–H and O–H groups in total. The number of halogens is 3. The van der Waals surface area contributed by atoms with E-state index in [0.717, 1.165) is 22.8 Å². The quantitative estimate of drug-likeness (QED) is 0.883. The van der Waals surface area contributed by atoms with Gasteiger partial charge >= 0.3 is 18.2 Å². The Bertz CT molecular complexity index is 548. The normalized spacial score (nSPS) is 13.5. The fourth-order valence-corrected chi connectivity index (χ4v) is 2.43. The monoisotopic (exact) mass is 339 g/mol. The first-order valence-electron chi connectivity index (χ1n) is 6.25. The van der Waals surface area contributed by atoms with E-state index < -0.39 is 35.4 Å². The van der Waals surface area contributed by atoms with Crippen LogP contribution in [-0.2, 0) is 22.1 Å². The lowest BCUT2D eigenvalue weighted by molar-refractivity contribution is -0.139. The number of ether oxygens (including phenoxy) is 1. The van der Waals surface area contributed by atoms with Gasteiger partial charge in [0.2, 0.25) is 0 Å². The van der Waals surface area contributed by atoms with E-state index in [9.17, 15) is 22.8 Å². The molecular formula is C13H16F3NO4S. The van der Waals surface area contributed by atoms with Gasteiger partial charge in [0, 0.05) is 16.7 Å². The summed E-state index contributed by atoms with van der Waals surface area (Å²) in [5.41, 5.74) is -1.65. The first-order chi connectivity index (χ1) is 9.88. The molecule has 1 heterocycles. The van der Waals surface area contributed by atoms with Crippen molar-refractivity contribution in [3.63, 3.8) is 0 Å². The first-order valence-corrected chi connectivity index (χ1v) is 7.13. The van der Waals surface area contributed by atoms with Gasteiger partial charge in [0.25, 0.3) is 0 Å². The molecule has 1 rings (SSSR count). The molecule has 1 aromatic heterocycles. The van der Waals surface area contributed by atoms with Crippen LogP contribution in [0.5, 0.6) is 0 Å². The molecular weight excluding hydrogens is 323 g/mol. The van der Waals surface area contributed by atoms with Crippen molar-refractivity contribution in [2.24, 2.45) is 0 Å². The summed E-state index contributed by atoms with van der Waals surface area (Å²) in [6, 6.07) is -0.494. The van der Waals surface area contributed by atoms with Crippen molar-refractivity contribution in [3.05, 3.63) is 21.9 Å². The number of thiophene rings is 1. The summed E-state index contributed by atoms with van der Waals surface area (Å²) in [5, 5.41) is 12.1. The molecule has 124 valence electrons. The van der Waals surface area contributed by atoms with Gasteiger partial charge in [-0.25, -0.2) is 9.59 Å². The van der Waals surface area contributed by atoms with E-state index in [1.54, 1.807) is 20.8 Å². The zero-order valence-electron chi connectivity index (χ0n) is 12.2. The molecule has 0 saturated carbocycles. The number of carbonyl (C=O) groups is 2. The van der Waals surface area contributed by atoms with Gasteiger partial charge in [-0.3, -0.25) is 0 Å². The molecule has 9 heteroatoms. The number of nitrogens with one attached hydrogen (secondary N) is 1. The molecule has 0 bridgehead atoms. The lowest BCUT2D eigenvalue weighted by Gasteiger charge is -2.21. The van der Waals surface area contributed by atoms with Gasteiger partial charge in [-0.1, -0.05) is 0 Å². The van der Waals surface area contributed by atoms with Crippen LogP contribution < -0.4 is 5.32 Å². The van der Waals surface area contributed by atoms with Gasteiger partial charge in [0.05, 0.1) is 5.56 Å². The third kappa shape index (κ3) is 5.92. The lowest BCUT2D eigenvalue weighted by atomic mass is 10.1. The van der Waals surface area contributed by atoms with E-state index in [1.165, 1.54) is 0 Å². The highest BCUT2D eigenvalue weighted by atomic mass is 32.1. The molecule has 5 nitrogen and oxygen atoms in total. The molecule has 1 atom stereocenters. The zero-order chi connectivity index (χ0) is 17.1. The van der Waals surface area contributed by atoms with Crippen molar-refractivity contribution in [2.75, 3.05) is 0 Å². The predicted molar refractivity (Wildman–Crippen MR) is 73.8 cm³/mol. The molecule has 0 fully saturated rings. The van der Waals surface area contributed by atoms with Crippen LogP contribution in [0.1, 0.15) is 31.2 Å². The maximum Gasteiger partial charge on any atom is 0.417 e. The summed E-state index contributed by atoms with van der Waals surface area (Å²) in [7, 11) is 0. The fourth-order valence-electron chi connectivity index (χ4n) is 1.49. The third-order valence-corrected chi connectivity index (χ3v) is 3.33. The van der Waals surface area contributed by atoms with E-state index in [4.69, 9.17) is 9.84 Å². The average Bonchev–Trinajstić information content (AvgIpc) is 2.73. The number of amides is 1. The second-order valence-electron chi connectivity index (χ2n) is 5.54. The molecule has 0 aromatic carbocycles. The summed E-state index contributed by atoms with van der Waals surface area (Å²) in [6.45, 7) is 4.83. The minimum Gasteiger partial charge on any atom is -0.480 e. The van der Waals surface area contributed by atoms with Crippen molar-refractivity contribution in [1.82, 2.24) is 5.32 Å². The van der Waals surface area contributed by atoms with Gasteiger partial charge in [0.15, 0.2) is 0 Å². The van der Waals surface area contributed by atoms with Crippen molar-refractivity contribution in [1.29, 1.82) is 0 Å². The highest BCUT2D eigenvalue weighted by Gasteiger charge is 2.32. The van der Waals surface area contributed by atoms with Gasteiger partial charge in [-0.05, 0) is 26.8 Å². The Balaban J connectivity index is 2.75. The van der Waals surface area contributed by atoms with Crippen LogP contribution in [0.2, 0.25) is 0 Å². The Morgan fingerprint density at radius 3 is 2.36 bits per heavy atom. The zero-order valence-corrected chi connectivity index (χ0v) is 13.0. The molecule has 0 aliphatic rings. The number of carboxylic acid groups (broad SMARTS) is 1. The van der Waals surface area contributed by atoms with Crippen LogP contribution in [0.15, 0.2) is 11.4 Å². The predicted octanol–water partition coefficient (Wildman–Crippen LogP) is 3.29. The lowest BCUT2D eigenvalue weighted by Crippen LogP contribution is -2.44. The maximum absolute atomic E-state index is 12.5. The Kier molecular flexibility index (Phi) is 5.44. The minimum atomic E-state index is -4.48. The van der Waals surface area contributed by atoms with Crippen LogP contribution >= 0.6 is 11.3 Å². The van der Waals surface area contributed by atoms with Crippen LogP contribution in [-0.4, -0.2) is 28.8 Å². The van der Waals surface area contributed by atoms with Crippen LogP contribution in [0.3, 0.4) is 0 Å². The van der Waals surface area contributed by atoms with Crippen molar-refractivity contribution in [3.8, 4) is 0 Å². The largest absolute Gasteiger partial charge is 0.480 e. The minimum absolute atomic E-state index is 0.204. The van der Waals surface area contributed by atoms with Crippen molar-refractivity contribution < 1.29 is 32.6 Å². The molecule has 0 saturated heterocycles. The third-order valence-electron chi connectivity index (χ3n) is 2.38. The molecule has 0 spiro atoms. The standard InChI is InChI=1S/C13H16F3NO4S/c1-12(2,3)21-11(20)17-9(10(18)19)5-8-4-7(6-22-8)13(14,15)16/h4,6,9H,5H2,1-3H3,(H,17,20)(H,18,19). The number of aliphatic carboxylic acids is 1. The Morgan fingerprint density at radius 1 is 1.36 bits per heavy atom. The molecule has 1 aromatic rings. The summed E-state index contributed by atoms with van der Waals surface area (Å²) < 4.78 is 42.4. The number of hydrogen-bond donors (Lipinski definition) is 2. The molecule has 0 radical (unpaired) electrons. The first kappa shape index (κ1) is 18.3. The maximum atomic E-state index is 12.5. The number of rotatable bonds is 4. The molecule has 22 heavy (non-hydrogen) atoms. The van der Waals surface area contributed by atoms with Gasteiger partial charge in [-0.2, -0.15) is 13.2 Å². The van der Waals surface area contributed by atoms with Gasteiger partial charge in [-0.15, -0.1) is 11.3 Å². The van der Waals surface area contributed by atoms with Crippen LogP contribution in [0.4, 0.5) is 18.0 Å². The van der Waals surface area contributed by atoms with E-state index in [1.807, 2.05) is 0 Å². The van der Waals surface area contributed by atoms with E-state index >= 15 is 0 Å². The van der Waals surface area contributed by atoms with Crippen molar-refractivity contribution >= 4 is 23.4 Å². The number of hydrogen-bond acceptors (Lipinski definition) is 4. The van der Waals surface area contributed by atoms with Crippen LogP contribution in [0, 0.1) is 0 Å². The second-order valence-corrected chi connectivity index (χ2v) is 6.54. The number of alkyl halides is 3. The summed E-state index contributed by atoms with van der Waals surface area (Å²) in [6.07, 6.45) is -5.67. The molecule has 0 aliphatic heterocycles. The highest BCUT2D eigenvalue weighted by molar-refractivity contribution is 7.10. The number of carboxylic acids is 1. The second kappa shape index (κ2) is 6.55. The SMILES string of the molecule is CC(C)(C)OC(=O)NC(Cc1cc(C(F)(F)F)cs1)C(=O)O. The van der Waals surface area contributed by atoms with Gasteiger partial charge in [0.1, 0.15) is 11.6 Å². The Morgan fingerprint density at radius 2 is 1.95 bits per heavy atom.